The number of likely N-dealkylation sites (N-methyl/N-ethyl adjacent to an activating group) is 1. The van der Waals surface area contributed by atoms with Gasteiger partial charge in [0.25, 0.3) is 5.89 Å². The number of nitrogens with zero attached hydrogens (tertiary/aromatic N) is 4. The lowest BCUT2D eigenvalue weighted by Gasteiger charge is -2.21. The van der Waals surface area contributed by atoms with Crippen molar-refractivity contribution in [2.75, 3.05) is 32.1 Å². The van der Waals surface area contributed by atoms with E-state index >= 15 is 0 Å². The molecule has 1 fully saturated rings. The van der Waals surface area contributed by atoms with Crippen LogP contribution in [0.1, 0.15) is 6.42 Å². The van der Waals surface area contributed by atoms with Crippen molar-refractivity contribution < 1.29 is 8.83 Å². The highest BCUT2D eigenvalue weighted by Gasteiger charge is 2.24. The molecule has 3 heterocycles. The number of hydrogen-bond acceptors (Lipinski definition) is 6. The van der Waals surface area contributed by atoms with E-state index in [1.165, 1.54) is 12.1 Å². The molecule has 0 bridgehead atoms. The van der Waals surface area contributed by atoms with Gasteiger partial charge in [-0.15, -0.1) is 10.2 Å². The monoisotopic (exact) mass is 400 g/mol. The fraction of sp³-hybridized carbons (Fsp3) is 0.250. The highest BCUT2D eigenvalue weighted by atomic mass is 16.4. The third-order valence-corrected chi connectivity index (χ3v) is 5.67. The number of benzene rings is 2. The average Bonchev–Trinajstić information content (AvgIpc) is 3.55. The van der Waals surface area contributed by atoms with Gasteiger partial charge in [0.1, 0.15) is 5.76 Å². The quantitative estimate of drug-likeness (QED) is 0.479. The molecule has 6 nitrogen and oxygen atoms in total. The third kappa shape index (κ3) is 3.62. The van der Waals surface area contributed by atoms with Gasteiger partial charge in [0.05, 0.1) is 0 Å². The van der Waals surface area contributed by atoms with E-state index in [1.54, 1.807) is 0 Å². The van der Waals surface area contributed by atoms with Gasteiger partial charge in [0, 0.05) is 35.9 Å². The first-order chi connectivity index (χ1) is 14.7. The van der Waals surface area contributed by atoms with E-state index in [0.29, 0.717) is 23.6 Å². The molecule has 2 aromatic heterocycles. The fourth-order valence-electron chi connectivity index (χ4n) is 3.86. The molecule has 4 aromatic rings. The summed E-state index contributed by atoms with van der Waals surface area (Å²) in [6.45, 7) is 2.13. The Hall–Kier alpha value is -3.38. The summed E-state index contributed by atoms with van der Waals surface area (Å²) in [6.07, 6.45) is 1.19. The van der Waals surface area contributed by atoms with Gasteiger partial charge in [0.2, 0.25) is 5.89 Å². The lowest BCUT2D eigenvalue weighted by Crippen LogP contribution is -2.31. The van der Waals surface area contributed by atoms with Crippen molar-refractivity contribution in [3.05, 3.63) is 66.7 Å². The highest BCUT2D eigenvalue weighted by Crippen LogP contribution is 2.30. The zero-order chi connectivity index (χ0) is 20.5. The number of aromatic nitrogens is 2. The summed E-state index contributed by atoms with van der Waals surface area (Å²) in [5.74, 6) is 2.21. The Bertz CT molecular complexity index is 1120. The molecule has 0 amide bonds. The SMILES string of the molecule is CN(C)C1CCN(c2ccc(-c3nnc(-c4ccc(-c5ccccc5)o4)o3)cc2)C1. The van der Waals surface area contributed by atoms with Gasteiger partial charge in [-0.2, -0.15) is 0 Å². The molecule has 1 aliphatic rings. The summed E-state index contributed by atoms with van der Waals surface area (Å²) in [5, 5.41) is 8.38. The van der Waals surface area contributed by atoms with Crippen molar-refractivity contribution in [3.63, 3.8) is 0 Å². The van der Waals surface area contributed by atoms with Gasteiger partial charge >= 0.3 is 0 Å². The lowest BCUT2D eigenvalue weighted by molar-refractivity contribution is 0.315. The van der Waals surface area contributed by atoms with Crippen LogP contribution in [0.3, 0.4) is 0 Å². The Morgan fingerprint density at radius 2 is 1.53 bits per heavy atom. The van der Waals surface area contributed by atoms with Gasteiger partial charge < -0.3 is 18.6 Å². The van der Waals surface area contributed by atoms with Crippen LogP contribution in [0.5, 0.6) is 0 Å². The van der Waals surface area contributed by atoms with Crippen LogP contribution in [0.2, 0.25) is 0 Å². The van der Waals surface area contributed by atoms with Crippen LogP contribution >= 0.6 is 0 Å². The largest absolute Gasteiger partial charge is 0.451 e. The van der Waals surface area contributed by atoms with E-state index in [0.717, 1.165) is 30.0 Å². The zero-order valence-corrected chi connectivity index (χ0v) is 17.2. The molecule has 0 N–H and O–H groups in total. The fourth-order valence-corrected chi connectivity index (χ4v) is 3.86. The van der Waals surface area contributed by atoms with E-state index in [9.17, 15) is 0 Å². The van der Waals surface area contributed by atoms with E-state index in [4.69, 9.17) is 8.83 Å². The molecule has 1 saturated heterocycles. The molecule has 0 aliphatic carbocycles. The van der Waals surface area contributed by atoms with Crippen LogP contribution in [0, 0.1) is 0 Å². The molecular weight excluding hydrogens is 376 g/mol. The number of furan rings is 1. The first-order valence-corrected chi connectivity index (χ1v) is 10.2. The summed E-state index contributed by atoms with van der Waals surface area (Å²) in [4.78, 5) is 4.72. The molecule has 30 heavy (non-hydrogen) atoms. The van der Waals surface area contributed by atoms with Gasteiger partial charge in [-0.05, 0) is 56.9 Å². The van der Waals surface area contributed by atoms with Crippen molar-refractivity contribution in [1.29, 1.82) is 0 Å². The van der Waals surface area contributed by atoms with Crippen molar-refractivity contribution >= 4 is 5.69 Å². The molecule has 152 valence electrons. The molecule has 1 atom stereocenters. The Morgan fingerprint density at radius 1 is 0.800 bits per heavy atom. The Labute approximate surface area is 175 Å². The first kappa shape index (κ1) is 18.6. The Morgan fingerprint density at radius 3 is 2.27 bits per heavy atom. The molecule has 5 rings (SSSR count). The summed E-state index contributed by atoms with van der Waals surface area (Å²) >= 11 is 0. The van der Waals surface area contributed by atoms with Crippen molar-refractivity contribution in [2.45, 2.75) is 12.5 Å². The van der Waals surface area contributed by atoms with E-state index in [1.807, 2.05) is 54.6 Å². The minimum absolute atomic E-state index is 0.379. The summed E-state index contributed by atoms with van der Waals surface area (Å²) < 4.78 is 11.8. The van der Waals surface area contributed by atoms with Gasteiger partial charge in [-0.1, -0.05) is 30.3 Å². The van der Waals surface area contributed by atoms with Crippen LogP contribution in [0.4, 0.5) is 5.69 Å². The van der Waals surface area contributed by atoms with E-state index in [-0.39, 0.29) is 0 Å². The van der Waals surface area contributed by atoms with Crippen LogP contribution < -0.4 is 4.90 Å². The normalized spacial score (nSPS) is 16.5. The topological polar surface area (TPSA) is 58.5 Å². The molecule has 1 aliphatic heterocycles. The lowest BCUT2D eigenvalue weighted by atomic mass is 10.2. The number of rotatable bonds is 5. The molecule has 0 saturated carbocycles. The molecule has 6 heteroatoms. The maximum Gasteiger partial charge on any atom is 0.283 e. The zero-order valence-electron chi connectivity index (χ0n) is 17.2. The minimum atomic E-state index is 0.379. The van der Waals surface area contributed by atoms with Gasteiger partial charge in [-0.3, -0.25) is 0 Å². The Kier molecular flexibility index (Phi) is 4.85. The third-order valence-electron chi connectivity index (χ3n) is 5.67. The van der Waals surface area contributed by atoms with Crippen molar-refractivity contribution in [2.24, 2.45) is 0 Å². The Balaban J connectivity index is 1.32. The standard InChI is InChI=1S/C24H24N4O2/c1-27(2)20-14-15-28(16-20)19-10-8-18(9-11-19)23-25-26-24(30-23)22-13-12-21(29-22)17-6-4-3-5-7-17/h3-13,20H,14-16H2,1-2H3. The van der Waals surface area contributed by atoms with Gasteiger partial charge in [-0.25, -0.2) is 0 Å². The van der Waals surface area contributed by atoms with Crippen LogP contribution in [0.25, 0.3) is 34.4 Å². The van der Waals surface area contributed by atoms with Crippen LogP contribution in [-0.4, -0.2) is 48.3 Å². The van der Waals surface area contributed by atoms with Crippen LogP contribution in [0.15, 0.2) is 75.6 Å². The summed E-state index contributed by atoms with van der Waals surface area (Å²) in [6, 6.07) is 22.6. The number of hydrogen-bond donors (Lipinski definition) is 0. The smallest absolute Gasteiger partial charge is 0.283 e. The summed E-state index contributed by atoms with van der Waals surface area (Å²) in [7, 11) is 4.29. The minimum Gasteiger partial charge on any atom is -0.451 e. The molecule has 1 unspecified atom stereocenters. The second-order valence-corrected chi connectivity index (χ2v) is 7.84. The number of anilines is 1. The van der Waals surface area contributed by atoms with E-state index in [2.05, 4.69) is 46.2 Å². The first-order valence-electron chi connectivity index (χ1n) is 10.2. The summed E-state index contributed by atoms with van der Waals surface area (Å²) in [5.41, 5.74) is 3.13. The second kappa shape index (κ2) is 7.80. The molecule has 0 spiro atoms. The molecule has 2 aromatic carbocycles. The molecular formula is C24H24N4O2. The maximum atomic E-state index is 5.91. The average molecular weight is 400 g/mol. The van der Waals surface area contributed by atoms with Crippen LogP contribution in [-0.2, 0) is 0 Å². The van der Waals surface area contributed by atoms with Gasteiger partial charge in [0.15, 0.2) is 5.76 Å². The second-order valence-electron chi connectivity index (χ2n) is 7.84. The highest BCUT2D eigenvalue weighted by molar-refractivity contribution is 5.63. The predicted octanol–water partition coefficient (Wildman–Crippen LogP) is 4.80. The maximum absolute atomic E-state index is 5.91. The molecule has 0 radical (unpaired) electrons. The predicted molar refractivity (Wildman–Crippen MR) is 117 cm³/mol. The van der Waals surface area contributed by atoms with Crippen molar-refractivity contribution in [3.8, 4) is 34.4 Å². The van der Waals surface area contributed by atoms with Crippen molar-refractivity contribution in [1.82, 2.24) is 15.1 Å². The van der Waals surface area contributed by atoms with E-state index < -0.39 is 0 Å².